The van der Waals surface area contributed by atoms with Gasteiger partial charge in [0.15, 0.2) is 0 Å². The Balaban J connectivity index is 1.93. The number of hydrogen-bond acceptors (Lipinski definition) is 1. The zero-order chi connectivity index (χ0) is 17.4. The van der Waals surface area contributed by atoms with E-state index in [1.807, 2.05) is 24.3 Å². The Kier molecular flexibility index (Phi) is 3.39. The maximum Gasteiger partial charge on any atom is 0.131 e. The third-order valence-electron chi connectivity index (χ3n) is 5.26. The summed E-state index contributed by atoms with van der Waals surface area (Å²) >= 11 is 0. The van der Waals surface area contributed by atoms with E-state index in [1.165, 1.54) is 22.3 Å². The van der Waals surface area contributed by atoms with Crippen LogP contribution in [0.15, 0.2) is 109 Å². The highest BCUT2D eigenvalue weighted by molar-refractivity contribution is 5.85. The van der Waals surface area contributed by atoms with Gasteiger partial charge in [-0.3, -0.25) is 0 Å². The highest BCUT2D eigenvalue weighted by Gasteiger charge is 2.44. The van der Waals surface area contributed by atoms with Gasteiger partial charge in [-0.25, -0.2) is 0 Å². The Morgan fingerprint density at radius 3 is 1.85 bits per heavy atom. The van der Waals surface area contributed by atoms with Crippen molar-refractivity contribution in [1.82, 2.24) is 0 Å². The normalized spacial score (nSPS) is 19.5. The van der Waals surface area contributed by atoms with Crippen LogP contribution in [0.2, 0.25) is 0 Å². The summed E-state index contributed by atoms with van der Waals surface area (Å²) in [4.78, 5) is 0. The van der Waals surface area contributed by atoms with Crippen LogP contribution in [0.3, 0.4) is 0 Å². The van der Waals surface area contributed by atoms with Gasteiger partial charge in [0.1, 0.15) is 5.75 Å². The van der Waals surface area contributed by atoms with E-state index in [2.05, 4.69) is 78.9 Å². The van der Waals surface area contributed by atoms with Gasteiger partial charge in [0.2, 0.25) is 0 Å². The van der Waals surface area contributed by atoms with Crippen molar-refractivity contribution in [2.24, 2.45) is 0 Å². The molecule has 0 saturated heterocycles. The maximum atomic E-state index is 6.02. The molecule has 0 bridgehead atoms. The first-order valence-electron chi connectivity index (χ1n) is 8.88. The summed E-state index contributed by atoms with van der Waals surface area (Å²) in [6.07, 6.45) is 12.1. The van der Waals surface area contributed by atoms with Gasteiger partial charge in [-0.05, 0) is 34.4 Å². The van der Waals surface area contributed by atoms with E-state index in [0.29, 0.717) is 0 Å². The second kappa shape index (κ2) is 5.89. The number of hydrogen-bond donors (Lipinski definition) is 0. The van der Waals surface area contributed by atoms with E-state index < -0.39 is 0 Å². The Bertz CT molecular complexity index is 1020. The molecule has 1 heteroatoms. The number of fused-ring (bicyclic) bond motifs is 7. The summed E-state index contributed by atoms with van der Waals surface area (Å²) in [6, 6.07) is 25.7. The minimum Gasteiger partial charge on any atom is -0.465 e. The lowest BCUT2D eigenvalue weighted by atomic mass is 9.72. The Hall–Kier alpha value is -3.32. The number of rotatable bonds is 0. The predicted octanol–water partition coefficient (Wildman–Crippen LogP) is 6.02. The number of benzene rings is 3. The van der Waals surface area contributed by atoms with Gasteiger partial charge in [0.25, 0.3) is 0 Å². The van der Waals surface area contributed by atoms with Gasteiger partial charge < -0.3 is 4.74 Å². The quantitative estimate of drug-likeness (QED) is 0.488. The van der Waals surface area contributed by atoms with Crippen molar-refractivity contribution in [2.75, 3.05) is 0 Å². The maximum absolute atomic E-state index is 6.02. The van der Waals surface area contributed by atoms with Crippen molar-refractivity contribution in [3.05, 3.63) is 126 Å². The largest absolute Gasteiger partial charge is 0.465 e. The second-order valence-electron chi connectivity index (χ2n) is 6.59. The summed E-state index contributed by atoms with van der Waals surface area (Å²) in [5.74, 6) is 0.884. The van der Waals surface area contributed by atoms with Crippen LogP contribution in [-0.4, -0.2) is 0 Å². The highest BCUT2D eigenvalue weighted by Crippen LogP contribution is 2.55. The molecule has 2 aliphatic rings. The van der Waals surface area contributed by atoms with E-state index in [4.69, 9.17) is 4.74 Å². The van der Waals surface area contributed by atoms with E-state index >= 15 is 0 Å². The average molecular weight is 334 g/mol. The lowest BCUT2D eigenvalue weighted by Gasteiger charge is -2.31. The van der Waals surface area contributed by atoms with Crippen molar-refractivity contribution in [2.45, 2.75) is 5.41 Å². The van der Waals surface area contributed by atoms with Crippen LogP contribution in [-0.2, 0) is 5.41 Å². The minimum atomic E-state index is -0.362. The van der Waals surface area contributed by atoms with Crippen LogP contribution < -0.4 is 4.74 Å². The van der Waals surface area contributed by atoms with Gasteiger partial charge in [0, 0.05) is 5.56 Å². The van der Waals surface area contributed by atoms with Gasteiger partial charge in [0.05, 0.1) is 11.7 Å². The van der Waals surface area contributed by atoms with Gasteiger partial charge in [-0.1, -0.05) is 91.0 Å². The summed E-state index contributed by atoms with van der Waals surface area (Å²) in [5.41, 5.74) is 5.98. The molecular weight excluding hydrogens is 316 g/mol. The Morgan fingerprint density at radius 2 is 1.12 bits per heavy atom. The Morgan fingerprint density at radius 1 is 0.538 bits per heavy atom. The first-order chi connectivity index (χ1) is 12.9. The summed E-state index contributed by atoms with van der Waals surface area (Å²) in [6.45, 7) is 0. The first-order valence-corrected chi connectivity index (χ1v) is 8.88. The molecule has 1 heterocycles. The molecule has 0 unspecified atom stereocenters. The number of para-hydroxylation sites is 1. The van der Waals surface area contributed by atoms with Crippen molar-refractivity contribution in [1.29, 1.82) is 0 Å². The van der Waals surface area contributed by atoms with E-state index in [-0.39, 0.29) is 5.41 Å². The average Bonchev–Trinajstić information content (AvgIpc) is 2.99. The molecule has 0 saturated carbocycles. The van der Waals surface area contributed by atoms with Crippen LogP contribution in [0, 0.1) is 0 Å². The smallest absolute Gasteiger partial charge is 0.131 e. The number of allylic oxidation sites excluding steroid dienone is 5. The molecule has 0 N–H and O–H groups in total. The zero-order valence-corrected chi connectivity index (χ0v) is 14.3. The standard InChI is InChI=1S/C25H18O/c1-2-10-18-26-24-16-8-7-15-23(24)25(17-9-1)21-13-5-3-11-19(21)20-12-4-6-14-22(20)25/h1-18H/b2-1-,17-9+,18-10+. The third-order valence-corrected chi connectivity index (χ3v) is 5.26. The van der Waals surface area contributed by atoms with Gasteiger partial charge in [-0.2, -0.15) is 0 Å². The molecule has 1 nitrogen and oxygen atoms in total. The molecule has 0 aromatic heterocycles. The first kappa shape index (κ1) is 15.0. The fourth-order valence-electron chi connectivity index (χ4n) is 4.21. The summed E-state index contributed by atoms with van der Waals surface area (Å²) < 4.78 is 6.02. The van der Waals surface area contributed by atoms with Crippen molar-refractivity contribution in [3.63, 3.8) is 0 Å². The topological polar surface area (TPSA) is 9.23 Å². The molecule has 3 aromatic carbocycles. The zero-order valence-electron chi connectivity index (χ0n) is 14.3. The summed E-state index contributed by atoms with van der Waals surface area (Å²) in [7, 11) is 0. The molecule has 5 rings (SSSR count). The predicted molar refractivity (Wildman–Crippen MR) is 106 cm³/mol. The van der Waals surface area contributed by atoms with Crippen LogP contribution >= 0.6 is 0 Å². The van der Waals surface area contributed by atoms with E-state index in [1.54, 1.807) is 6.26 Å². The van der Waals surface area contributed by atoms with Crippen LogP contribution in [0.5, 0.6) is 5.75 Å². The van der Waals surface area contributed by atoms with Crippen molar-refractivity contribution < 1.29 is 4.74 Å². The monoisotopic (exact) mass is 334 g/mol. The lowest BCUT2D eigenvalue weighted by molar-refractivity contribution is 0.469. The molecule has 0 fully saturated rings. The molecule has 1 spiro atoms. The van der Waals surface area contributed by atoms with Gasteiger partial charge >= 0.3 is 0 Å². The van der Waals surface area contributed by atoms with Crippen LogP contribution in [0.1, 0.15) is 16.7 Å². The fraction of sp³-hybridized carbons (Fsp3) is 0.0400. The highest BCUT2D eigenvalue weighted by atomic mass is 16.5. The molecule has 0 radical (unpaired) electrons. The van der Waals surface area contributed by atoms with Crippen LogP contribution in [0.4, 0.5) is 0 Å². The SMILES string of the molecule is C1=C\C=C\C2(c3ccccc3O/C=C/1)c1ccccc1-c1ccccc12. The molecule has 26 heavy (non-hydrogen) atoms. The van der Waals surface area contributed by atoms with Crippen molar-refractivity contribution >= 4 is 0 Å². The van der Waals surface area contributed by atoms with E-state index in [9.17, 15) is 0 Å². The molecule has 124 valence electrons. The lowest BCUT2D eigenvalue weighted by Crippen LogP contribution is -2.25. The number of ether oxygens (including phenoxy) is 1. The molecule has 1 aliphatic carbocycles. The Labute approximate surface area is 153 Å². The summed E-state index contributed by atoms with van der Waals surface area (Å²) in [5, 5.41) is 0. The molecule has 0 atom stereocenters. The fourth-order valence-corrected chi connectivity index (χ4v) is 4.21. The molecule has 1 aliphatic heterocycles. The second-order valence-corrected chi connectivity index (χ2v) is 6.59. The van der Waals surface area contributed by atoms with Crippen molar-refractivity contribution in [3.8, 4) is 16.9 Å². The van der Waals surface area contributed by atoms with E-state index in [0.717, 1.165) is 11.3 Å². The molecule has 3 aromatic rings. The molecule has 0 amide bonds. The minimum absolute atomic E-state index is 0.362. The van der Waals surface area contributed by atoms with Gasteiger partial charge in [-0.15, -0.1) is 0 Å². The van der Waals surface area contributed by atoms with Crippen LogP contribution in [0.25, 0.3) is 11.1 Å². The molecular formula is C25H18O. The third kappa shape index (κ3) is 2.04.